The van der Waals surface area contributed by atoms with E-state index in [0.717, 1.165) is 27.8 Å². The Morgan fingerprint density at radius 1 is 1.48 bits per heavy atom. The van der Waals surface area contributed by atoms with Crippen LogP contribution in [-0.2, 0) is 16.0 Å². The highest BCUT2D eigenvalue weighted by atomic mass is 32.2. The van der Waals surface area contributed by atoms with Crippen LogP contribution in [0.15, 0.2) is 23.1 Å². The third-order valence-corrected chi connectivity index (χ3v) is 4.33. The van der Waals surface area contributed by atoms with Crippen molar-refractivity contribution in [3.8, 4) is 5.75 Å². The molecule has 1 aliphatic rings. The molecular weight excluding hydrogens is 310 g/mol. The molecule has 2 rings (SSSR count). The second-order valence-corrected chi connectivity index (χ2v) is 6.08. The lowest BCUT2D eigenvalue weighted by atomic mass is 10.1. The van der Waals surface area contributed by atoms with Crippen molar-refractivity contribution in [2.45, 2.75) is 13.3 Å². The van der Waals surface area contributed by atoms with Gasteiger partial charge in [0.25, 0.3) is 5.91 Å². The van der Waals surface area contributed by atoms with Crippen LogP contribution < -0.4 is 0 Å². The molecule has 0 aromatic heterocycles. The van der Waals surface area contributed by atoms with Gasteiger partial charge in [-0.15, -0.1) is 0 Å². The van der Waals surface area contributed by atoms with Gasteiger partial charge in [0, 0.05) is 0 Å². The molecule has 0 spiro atoms. The van der Waals surface area contributed by atoms with E-state index in [2.05, 4.69) is 0 Å². The molecule has 0 saturated carbocycles. The van der Waals surface area contributed by atoms with Gasteiger partial charge >= 0.3 is 5.97 Å². The Labute approximate surface area is 131 Å². The summed E-state index contributed by atoms with van der Waals surface area (Å²) < 4.78 is 0.239. The van der Waals surface area contributed by atoms with Crippen molar-refractivity contribution in [3.63, 3.8) is 0 Å². The molecule has 0 radical (unpaired) electrons. The van der Waals surface area contributed by atoms with E-state index >= 15 is 0 Å². The number of phenolic OH excluding ortho intramolecular Hbond substituents is 1. The number of thioether (sulfide) groups is 1. The lowest BCUT2D eigenvalue weighted by Gasteiger charge is -2.10. The number of carbonyl (C=O) groups excluding carboxylic acids is 1. The fourth-order valence-electron chi connectivity index (χ4n) is 1.90. The smallest absolute Gasteiger partial charge is 0.323 e. The van der Waals surface area contributed by atoms with E-state index in [9.17, 15) is 14.7 Å². The first kappa shape index (κ1) is 15.5. The summed E-state index contributed by atoms with van der Waals surface area (Å²) in [5.41, 5.74) is 1.55. The monoisotopic (exact) mass is 323 g/mol. The maximum atomic E-state index is 12.1. The van der Waals surface area contributed by atoms with Crippen LogP contribution in [-0.4, -0.2) is 37.9 Å². The molecule has 0 atom stereocenters. The highest BCUT2D eigenvalue weighted by Gasteiger charge is 2.33. The van der Waals surface area contributed by atoms with Gasteiger partial charge in [-0.25, -0.2) is 0 Å². The molecule has 0 bridgehead atoms. The van der Waals surface area contributed by atoms with Crippen molar-refractivity contribution in [2.24, 2.45) is 0 Å². The van der Waals surface area contributed by atoms with Crippen molar-refractivity contribution in [1.82, 2.24) is 4.90 Å². The molecular formula is C14H13NO4S2. The topological polar surface area (TPSA) is 77.8 Å². The average Bonchev–Trinajstić information content (AvgIpc) is 2.68. The van der Waals surface area contributed by atoms with Crippen LogP contribution in [0, 0.1) is 0 Å². The van der Waals surface area contributed by atoms with Crippen molar-refractivity contribution in [3.05, 3.63) is 34.2 Å². The number of rotatable bonds is 4. The predicted octanol–water partition coefficient (Wildman–Crippen LogP) is 2.24. The first-order chi connectivity index (χ1) is 9.92. The number of hydrogen-bond donors (Lipinski definition) is 2. The minimum atomic E-state index is -1.11. The van der Waals surface area contributed by atoms with E-state index in [4.69, 9.17) is 17.3 Å². The number of thiocarbonyl (C=S) groups is 1. The molecule has 1 aromatic rings. The SMILES string of the molecule is CCc1cc(C=C2SC(=S)N(CC(=O)O)C2=O)ccc1O. The lowest BCUT2D eigenvalue weighted by molar-refractivity contribution is -0.140. The van der Waals surface area contributed by atoms with Gasteiger partial charge in [0.05, 0.1) is 4.91 Å². The number of benzene rings is 1. The second-order valence-electron chi connectivity index (χ2n) is 4.40. The highest BCUT2D eigenvalue weighted by Crippen LogP contribution is 2.33. The zero-order valence-electron chi connectivity index (χ0n) is 11.2. The lowest BCUT2D eigenvalue weighted by Crippen LogP contribution is -2.33. The number of hydrogen-bond acceptors (Lipinski definition) is 5. The number of carbonyl (C=O) groups is 2. The summed E-state index contributed by atoms with van der Waals surface area (Å²) in [6.45, 7) is 1.49. The highest BCUT2D eigenvalue weighted by molar-refractivity contribution is 8.26. The Hall–Kier alpha value is -1.86. The van der Waals surface area contributed by atoms with E-state index in [1.54, 1.807) is 24.3 Å². The van der Waals surface area contributed by atoms with Gasteiger partial charge in [-0.2, -0.15) is 0 Å². The maximum absolute atomic E-state index is 12.1. The van der Waals surface area contributed by atoms with Crippen LogP contribution >= 0.6 is 24.0 Å². The summed E-state index contributed by atoms with van der Waals surface area (Å²) in [5, 5.41) is 18.4. The maximum Gasteiger partial charge on any atom is 0.323 e. The largest absolute Gasteiger partial charge is 0.508 e. The van der Waals surface area contributed by atoms with E-state index in [0.29, 0.717) is 11.3 Å². The summed E-state index contributed by atoms with van der Waals surface area (Å²) in [6, 6.07) is 5.06. The molecule has 1 fully saturated rings. The minimum absolute atomic E-state index is 0.216. The first-order valence-electron chi connectivity index (χ1n) is 6.21. The van der Waals surface area contributed by atoms with Gasteiger partial charge in [-0.1, -0.05) is 37.0 Å². The molecule has 2 N–H and O–H groups in total. The van der Waals surface area contributed by atoms with Gasteiger partial charge in [0.2, 0.25) is 0 Å². The molecule has 1 saturated heterocycles. The summed E-state index contributed by atoms with van der Waals surface area (Å²) >= 11 is 6.10. The van der Waals surface area contributed by atoms with Crippen LogP contribution in [0.5, 0.6) is 5.75 Å². The van der Waals surface area contributed by atoms with Crippen molar-refractivity contribution in [2.75, 3.05) is 6.54 Å². The molecule has 5 nitrogen and oxygen atoms in total. The van der Waals surface area contributed by atoms with Gasteiger partial charge in [0.15, 0.2) is 0 Å². The number of amides is 1. The Morgan fingerprint density at radius 3 is 2.81 bits per heavy atom. The van der Waals surface area contributed by atoms with Gasteiger partial charge in [0.1, 0.15) is 16.6 Å². The number of nitrogens with zero attached hydrogens (tertiary/aromatic N) is 1. The van der Waals surface area contributed by atoms with E-state index in [-0.39, 0.29) is 10.1 Å². The standard InChI is InChI=1S/C14H13NO4S2/c1-2-9-5-8(3-4-10(9)16)6-11-13(19)15(7-12(17)18)14(20)21-11/h3-6,16H,2,7H2,1H3,(H,17,18). The third kappa shape index (κ3) is 3.43. The summed E-state index contributed by atoms with van der Waals surface area (Å²) in [7, 11) is 0. The van der Waals surface area contributed by atoms with Crippen LogP contribution in [0.1, 0.15) is 18.1 Å². The van der Waals surface area contributed by atoms with Gasteiger partial charge in [-0.05, 0) is 35.8 Å². The molecule has 21 heavy (non-hydrogen) atoms. The zero-order valence-corrected chi connectivity index (χ0v) is 12.8. The normalized spacial score (nSPS) is 16.8. The van der Waals surface area contributed by atoms with Crippen LogP contribution in [0.2, 0.25) is 0 Å². The number of aryl methyl sites for hydroxylation is 1. The van der Waals surface area contributed by atoms with Crippen molar-refractivity contribution < 1.29 is 19.8 Å². The number of carboxylic acid groups (broad SMARTS) is 1. The molecule has 1 heterocycles. The molecule has 7 heteroatoms. The Bertz CT molecular complexity index is 654. The summed E-state index contributed by atoms with van der Waals surface area (Å²) in [5.74, 6) is -1.29. The van der Waals surface area contributed by atoms with Crippen LogP contribution in [0.25, 0.3) is 6.08 Å². The van der Waals surface area contributed by atoms with E-state index < -0.39 is 18.4 Å². The second kappa shape index (κ2) is 6.28. The van der Waals surface area contributed by atoms with Crippen molar-refractivity contribution in [1.29, 1.82) is 0 Å². The average molecular weight is 323 g/mol. The first-order valence-corrected chi connectivity index (χ1v) is 7.44. The Morgan fingerprint density at radius 2 is 2.19 bits per heavy atom. The fourth-order valence-corrected chi connectivity index (χ4v) is 3.16. The predicted molar refractivity (Wildman–Crippen MR) is 85.0 cm³/mol. The van der Waals surface area contributed by atoms with Crippen LogP contribution in [0.4, 0.5) is 0 Å². The zero-order chi connectivity index (χ0) is 15.6. The molecule has 110 valence electrons. The fraction of sp³-hybridized carbons (Fsp3) is 0.214. The Balaban J connectivity index is 2.28. The third-order valence-electron chi connectivity index (χ3n) is 2.95. The number of carboxylic acids is 1. The quantitative estimate of drug-likeness (QED) is 0.653. The van der Waals surface area contributed by atoms with Gasteiger partial charge in [-0.3, -0.25) is 14.5 Å². The molecule has 0 aliphatic carbocycles. The van der Waals surface area contributed by atoms with E-state index in [1.807, 2.05) is 6.92 Å². The minimum Gasteiger partial charge on any atom is -0.508 e. The number of aromatic hydroxyl groups is 1. The number of aliphatic carboxylic acids is 1. The van der Waals surface area contributed by atoms with Gasteiger partial charge < -0.3 is 10.2 Å². The van der Waals surface area contributed by atoms with Crippen LogP contribution in [0.3, 0.4) is 0 Å². The molecule has 0 unspecified atom stereocenters. The number of phenols is 1. The van der Waals surface area contributed by atoms with Crippen molar-refractivity contribution >= 4 is 46.3 Å². The molecule has 1 amide bonds. The molecule has 1 aromatic carbocycles. The molecule has 1 aliphatic heterocycles. The summed E-state index contributed by atoms with van der Waals surface area (Å²) in [6.07, 6.45) is 2.33. The summed E-state index contributed by atoms with van der Waals surface area (Å²) in [4.78, 5) is 24.3. The van der Waals surface area contributed by atoms with E-state index in [1.165, 1.54) is 0 Å². The Kier molecular flexibility index (Phi) is 4.64.